The minimum absolute atomic E-state index is 0.0749. The van der Waals surface area contributed by atoms with Gasteiger partial charge in [0, 0.05) is 37.9 Å². The lowest BCUT2D eigenvalue weighted by Crippen LogP contribution is -2.38. The molecule has 1 aliphatic rings. The molecule has 4 heterocycles. The summed E-state index contributed by atoms with van der Waals surface area (Å²) in [6.45, 7) is 7.34. The van der Waals surface area contributed by atoms with Crippen LogP contribution in [0.4, 0.5) is 0 Å². The highest BCUT2D eigenvalue weighted by Gasteiger charge is 2.25. The van der Waals surface area contributed by atoms with Crippen molar-refractivity contribution in [2.75, 3.05) is 19.7 Å². The first-order valence-electron chi connectivity index (χ1n) is 8.41. The zero-order valence-electron chi connectivity index (χ0n) is 14.1. The van der Waals surface area contributed by atoms with E-state index in [2.05, 4.69) is 50.6 Å². The van der Waals surface area contributed by atoms with Crippen molar-refractivity contribution in [1.82, 2.24) is 29.5 Å². The molecule has 0 aromatic carbocycles. The molecule has 7 nitrogen and oxygen atoms in total. The van der Waals surface area contributed by atoms with Gasteiger partial charge in [0.15, 0.2) is 5.82 Å². The number of aromatic nitrogens is 5. The molecule has 1 atom stereocenters. The monoisotopic (exact) mass is 326 g/mol. The predicted molar refractivity (Wildman–Crippen MR) is 89.7 cm³/mol. The van der Waals surface area contributed by atoms with Crippen molar-refractivity contribution < 1.29 is 4.74 Å². The lowest BCUT2D eigenvalue weighted by Gasteiger charge is -2.30. The van der Waals surface area contributed by atoms with E-state index in [1.54, 1.807) is 0 Å². The SMILES string of the molecule is CCc1nc(C2CN(Cc3cn4c(C)cccc4n3)CCO2)n[nH]1. The molecular weight excluding hydrogens is 304 g/mol. The van der Waals surface area contributed by atoms with E-state index in [0.29, 0.717) is 6.61 Å². The van der Waals surface area contributed by atoms with Gasteiger partial charge in [-0.05, 0) is 19.1 Å². The van der Waals surface area contributed by atoms with Gasteiger partial charge in [0.2, 0.25) is 0 Å². The number of fused-ring (bicyclic) bond motifs is 1. The average Bonchev–Trinajstić information content (AvgIpc) is 3.22. The largest absolute Gasteiger partial charge is 0.367 e. The molecule has 7 heteroatoms. The number of aryl methyl sites for hydroxylation is 2. The molecule has 1 aliphatic heterocycles. The normalized spacial score (nSPS) is 19.2. The topological polar surface area (TPSA) is 71.3 Å². The Labute approximate surface area is 140 Å². The van der Waals surface area contributed by atoms with Crippen LogP contribution in [0.2, 0.25) is 0 Å². The maximum Gasteiger partial charge on any atom is 0.180 e. The smallest absolute Gasteiger partial charge is 0.180 e. The lowest BCUT2D eigenvalue weighted by molar-refractivity contribution is -0.0373. The highest BCUT2D eigenvalue weighted by molar-refractivity contribution is 5.41. The second-order valence-corrected chi connectivity index (χ2v) is 6.22. The molecule has 0 aliphatic carbocycles. The van der Waals surface area contributed by atoms with Gasteiger partial charge in [-0.15, -0.1) is 0 Å². The molecular formula is C17H22N6O. The molecule has 0 bridgehead atoms. The van der Waals surface area contributed by atoms with Crippen LogP contribution in [0, 0.1) is 6.92 Å². The third kappa shape index (κ3) is 2.92. The summed E-state index contributed by atoms with van der Waals surface area (Å²) in [7, 11) is 0. The summed E-state index contributed by atoms with van der Waals surface area (Å²) < 4.78 is 7.99. The summed E-state index contributed by atoms with van der Waals surface area (Å²) in [6, 6.07) is 6.18. The quantitative estimate of drug-likeness (QED) is 0.793. The summed E-state index contributed by atoms with van der Waals surface area (Å²) in [5, 5.41) is 7.26. The molecule has 126 valence electrons. The van der Waals surface area contributed by atoms with Gasteiger partial charge < -0.3 is 9.14 Å². The number of hydrogen-bond donors (Lipinski definition) is 1. The van der Waals surface area contributed by atoms with Gasteiger partial charge in [-0.1, -0.05) is 13.0 Å². The number of pyridine rings is 1. The summed E-state index contributed by atoms with van der Waals surface area (Å²) in [6.07, 6.45) is 2.90. The van der Waals surface area contributed by atoms with E-state index in [4.69, 9.17) is 9.72 Å². The molecule has 4 rings (SSSR count). The molecule has 3 aromatic rings. The van der Waals surface area contributed by atoms with Crippen molar-refractivity contribution in [2.45, 2.75) is 32.9 Å². The summed E-state index contributed by atoms with van der Waals surface area (Å²) in [5.74, 6) is 1.66. The molecule has 1 unspecified atom stereocenters. The van der Waals surface area contributed by atoms with Crippen LogP contribution in [0.5, 0.6) is 0 Å². The van der Waals surface area contributed by atoms with Crippen LogP contribution in [0.3, 0.4) is 0 Å². The van der Waals surface area contributed by atoms with Crippen LogP contribution in [0.15, 0.2) is 24.4 Å². The molecule has 0 saturated carbocycles. The van der Waals surface area contributed by atoms with Gasteiger partial charge in [-0.25, -0.2) is 9.97 Å². The Morgan fingerprint density at radius 2 is 2.25 bits per heavy atom. The third-order valence-corrected chi connectivity index (χ3v) is 4.45. The van der Waals surface area contributed by atoms with Gasteiger partial charge in [-0.3, -0.25) is 10.00 Å². The fraction of sp³-hybridized carbons (Fsp3) is 0.471. The second kappa shape index (κ2) is 6.33. The Bertz CT molecular complexity index is 839. The van der Waals surface area contributed by atoms with Crippen molar-refractivity contribution in [2.24, 2.45) is 0 Å². The van der Waals surface area contributed by atoms with Crippen molar-refractivity contribution in [3.8, 4) is 0 Å². The number of H-pyrrole nitrogens is 1. The van der Waals surface area contributed by atoms with E-state index >= 15 is 0 Å². The number of aromatic amines is 1. The van der Waals surface area contributed by atoms with Crippen molar-refractivity contribution in [1.29, 1.82) is 0 Å². The Morgan fingerprint density at radius 1 is 1.33 bits per heavy atom. The minimum Gasteiger partial charge on any atom is -0.367 e. The minimum atomic E-state index is -0.0749. The number of imidazole rings is 1. The molecule has 1 saturated heterocycles. The number of nitrogens with zero attached hydrogens (tertiary/aromatic N) is 5. The predicted octanol–water partition coefficient (Wildman–Crippen LogP) is 1.90. The first-order valence-corrected chi connectivity index (χ1v) is 8.41. The summed E-state index contributed by atoms with van der Waals surface area (Å²) in [5.41, 5.74) is 3.27. The maximum absolute atomic E-state index is 5.86. The van der Waals surface area contributed by atoms with Gasteiger partial charge >= 0.3 is 0 Å². The number of hydrogen-bond acceptors (Lipinski definition) is 5. The molecule has 0 spiro atoms. The highest BCUT2D eigenvalue weighted by atomic mass is 16.5. The molecule has 0 radical (unpaired) electrons. The summed E-state index contributed by atoms with van der Waals surface area (Å²) >= 11 is 0. The summed E-state index contributed by atoms with van der Waals surface area (Å²) in [4.78, 5) is 11.6. The van der Waals surface area contributed by atoms with Crippen LogP contribution in [0.1, 0.15) is 36.1 Å². The van der Waals surface area contributed by atoms with Crippen LogP contribution in [-0.2, 0) is 17.7 Å². The first kappa shape index (κ1) is 15.3. The van der Waals surface area contributed by atoms with E-state index in [0.717, 1.165) is 49.0 Å². The van der Waals surface area contributed by atoms with Crippen molar-refractivity contribution in [3.63, 3.8) is 0 Å². The van der Waals surface area contributed by atoms with Crippen LogP contribution < -0.4 is 0 Å². The molecule has 1 N–H and O–H groups in total. The van der Waals surface area contributed by atoms with E-state index < -0.39 is 0 Å². The zero-order valence-corrected chi connectivity index (χ0v) is 14.1. The van der Waals surface area contributed by atoms with E-state index in [9.17, 15) is 0 Å². The highest BCUT2D eigenvalue weighted by Crippen LogP contribution is 2.21. The Balaban J connectivity index is 1.48. The molecule has 1 fully saturated rings. The molecule has 0 amide bonds. The van der Waals surface area contributed by atoms with Gasteiger partial charge in [0.25, 0.3) is 0 Å². The first-order chi connectivity index (χ1) is 11.7. The fourth-order valence-corrected chi connectivity index (χ4v) is 3.12. The average molecular weight is 326 g/mol. The maximum atomic E-state index is 5.86. The van der Waals surface area contributed by atoms with Crippen LogP contribution >= 0.6 is 0 Å². The molecule has 3 aromatic heterocycles. The number of nitrogens with one attached hydrogen (secondary N) is 1. The number of ether oxygens (including phenoxy) is 1. The van der Waals surface area contributed by atoms with Gasteiger partial charge in [0.1, 0.15) is 17.6 Å². The zero-order chi connectivity index (χ0) is 16.5. The van der Waals surface area contributed by atoms with E-state index in [1.807, 2.05) is 12.1 Å². The van der Waals surface area contributed by atoms with Crippen molar-refractivity contribution >= 4 is 5.65 Å². The number of rotatable bonds is 4. The second-order valence-electron chi connectivity index (χ2n) is 6.22. The van der Waals surface area contributed by atoms with E-state index in [1.165, 1.54) is 5.69 Å². The van der Waals surface area contributed by atoms with Gasteiger partial charge in [-0.2, -0.15) is 5.10 Å². The van der Waals surface area contributed by atoms with E-state index in [-0.39, 0.29) is 6.10 Å². The van der Waals surface area contributed by atoms with Gasteiger partial charge in [0.05, 0.1) is 12.3 Å². The Kier molecular flexibility index (Phi) is 4.03. The Hall–Kier alpha value is -2.25. The van der Waals surface area contributed by atoms with Crippen molar-refractivity contribution in [3.05, 3.63) is 47.4 Å². The fourth-order valence-electron chi connectivity index (χ4n) is 3.12. The number of morpholine rings is 1. The Morgan fingerprint density at radius 3 is 3.04 bits per heavy atom. The third-order valence-electron chi connectivity index (χ3n) is 4.45. The molecule has 24 heavy (non-hydrogen) atoms. The van der Waals surface area contributed by atoms with Crippen LogP contribution in [0.25, 0.3) is 5.65 Å². The standard InChI is InChI=1S/C17H22N6O/c1-3-15-19-17(21-20-15)14-11-22(7-8-24-14)9-13-10-23-12(2)5-4-6-16(23)18-13/h4-6,10,14H,3,7-9,11H2,1-2H3,(H,19,20,21). The van der Waals surface area contributed by atoms with Crippen LogP contribution in [-0.4, -0.2) is 49.2 Å². The lowest BCUT2D eigenvalue weighted by atomic mass is 10.2.